The van der Waals surface area contributed by atoms with Crippen molar-refractivity contribution < 1.29 is 19.4 Å². The quantitative estimate of drug-likeness (QED) is 0.644. The fraction of sp³-hybridized carbons (Fsp3) is 0.600. The van der Waals surface area contributed by atoms with Crippen molar-refractivity contribution in [1.29, 1.82) is 0 Å². The van der Waals surface area contributed by atoms with Gasteiger partial charge in [0.1, 0.15) is 17.8 Å². The first-order chi connectivity index (χ1) is 12.0. The van der Waals surface area contributed by atoms with Crippen molar-refractivity contribution >= 4 is 10.9 Å². The van der Waals surface area contributed by atoms with Crippen LogP contribution in [0, 0.1) is 17.8 Å². The Morgan fingerprint density at radius 2 is 2.12 bits per heavy atom. The molecule has 0 saturated carbocycles. The standard InChI is InChI=1S/C20H24N2O3/c1-9-14-8-25-20(24)18-12(14)6-17-19-13(7-16(18)22(9,17)2)11-5-10(23)3-4-15(11)21-19/h3-5,9,12,14,16-18,20-21,24H,6-8H2,1-2H3/p+1. The van der Waals surface area contributed by atoms with Crippen LogP contribution in [0.1, 0.15) is 30.6 Å². The molecule has 132 valence electrons. The number of hydrogen-bond donors (Lipinski definition) is 3. The highest BCUT2D eigenvalue weighted by atomic mass is 16.6. The highest BCUT2D eigenvalue weighted by molar-refractivity contribution is 5.86. The third kappa shape index (κ3) is 1.52. The van der Waals surface area contributed by atoms with E-state index in [2.05, 4.69) is 19.0 Å². The van der Waals surface area contributed by atoms with Gasteiger partial charge in [0.05, 0.1) is 31.3 Å². The third-order valence-electron chi connectivity index (χ3n) is 8.33. The van der Waals surface area contributed by atoms with Gasteiger partial charge >= 0.3 is 0 Å². The van der Waals surface area contributed by atoms with E-state index in [1.807, 2.05) is 12.1 Å². The van der Waals surface area contributed by atoms with E-state index in [-0.39, 0.29) is 5.92 Å². The van der Waals surface area contributed by atoms with E-state index in [0.29, 0.717) is 42.3 Å². The Morgan fingerprint density at radius 1 is 1.28 bits per heavy atom. The molecule has 5 heteroatoms. The second-order valence-corrected chi connectivity index (χ2v) is 8.86. The number of ether oxygens (including phenoxy) is 1. The van der Waals surface area contributed by atoms with Gasteiger partial charge in [-0.1, -0.05) is 0 Å². The maximum absolute atomic E-state index is 10.6. The van der Waals surface area contributed by atoms with Crippen LogP contribution >= 0.6 is 0 Å². The lowest BCUT2D eigenvalue weighted by Gasteiger charge is -2.69. The number of phenolic OH excluding ortho intramolecular Hbond substituents is 1. The van der Waals surface area contributed by atoms with E-state index >= 15 is 0 Å². The number of benzene rings is 1. The first-order valence-electron chi connectivity index (χ1n) is 9.49. The zero-order valence-corrected chi connectivity index (χ0v) is 14.6. The molecular formula is C20H25N2O3+. The zero-order chi connectivity index (χ0) is 17.1. The van der Waals surface area contributed by atoms with Crippen molar-refractivity contribution in [3.8, 4) is 5.75 Å². The summed E-state index contributed by atoms with van der Waals surface area (Å²) in [5.41, 5.74) is 3.83. The maximum atomic E-state index is 10.6. The predicted molar refractivity (Wildman–Crippen MR) is 92.9 cm³/mol. The van der Waals surface area contributed by atoms with Gasteiger partial charge in [-0.05, 0) is 36.6 Å². The second-order valence-electron chi connectivity index (χ2n) is 8.86. The van der Waals surface area contributed by atoms with E-state index in [9.17, 15) is 10.2 Å². The molecule has 5 nitrogen and oxygen atoms in total. The molecule has 6 bridgehead atoms. The van der Waals surface area contributed by atoms with Crippen molar-refractivity contribution in [2.24, 2.45) is 17.8 Å². The molecular weight excluding hydrogens is 316 g/mol. The number of phenols is 1. The molecule has 0 spiro atoms. The number of nitrogens with one attached hydrogen (secondary N) is 1. The summed E-state index contributed by atoms with van der Waals surface area (Å²) in [5, 5.41) is 21.7. The van der Waals surface area contributed by atoms with Gasteiger partial charge in [0.15, 0.2) is 6.29 Å². The largest absolute Gasteiger partial charge is 0.508 e. The van der Waals surface area contributed by atoms with Gasteiger partial charge in [-0.2, -0.15) is 0 Å². The van der Waals surface area contributed by atoms with E-state index in [1.54, 1.807) is 6.07 Å². The SMILES string of the molecule is CC1C2COC(O)C3C2CC2c4[nH]c5ccc(O)cc5c4CC3[N+]21C. The lowest BCUT2D eigenvalue weighted by atomic mass is 9.56. The number of quaternary nitrogens is 1. The van der Waals surface area contributed by atoms with E-state index < -0.39 is 6.29 Å². The molecule has 6 heterocycles. The molecule has 0 aliphatic carbocycles. The summed E-state index contributed by atoms with van der Waals surface area (Å²) in [4.78, 5) is 3.69. The Balaban J connectivity index is 1.60. The van der Waals surface area contributed by atoms with Gasteiger partial charge in [-0.3, -0.25) is 0 Å². The molecule has 5 aliphatic heterocycles. The fourth-order valence-electron chi connectivity index (χ4n) is 7.03. The smallest absolute Gasteiger partial charge is 0.163 e. The fourth-order valence-corrected chi connectivity index (χ4v) is 7.03. The van der Waals surface area contributed by atoms with Crippen LogP contribution < -0.4 is 0 Å². The first kappa shape index (κ1) is 14.6. The highest BCUT2D eigenvalue weighted by Gasteiger charge is 2.69. The van der Waals surface area contributed by atoms with Crippen molar-refractivity contribution in [2.45, 2.75) is 44.2 Å². The van der Waals surface area contributed by atoms with Crippen molar-refractivity contribution in [1.82, 2.24) is 4.98 Å². The monoisotopic (exact) mass is 341 g/mol. The van der Waals surface area contributed by atoms with Crippen molar-refractivity contribution in [2.75, 3.05) is 13.7 Å². The predicted octanol–water partition coefficient (Wildman–Crippen LogP) is 2.29. The van der Waals surface area contributed by atoms with Gasteiger partial charge in [-0.15, -0.1) is 0 Å². The van der Waals surface area contributed by atoms with Crippen LogP contribution in [-0.2, 0) is 11.2 Å². The lowest BCUT2D eigenvalue weighted by Crippen LogP contribution is -2.78. The zero-order valence-electron chi connectivity index (χ0n) is 14.6. The number of aromatic nitrogens is 1. The molecule has 1 aromatic heterocycles. The molecule has 25 heavy (non-hydrogen) atoms. The third-order valence-corrected chi connectivity index (χ3v) is 8.33. The number of aromatic amines is 1. The van der Waals surface area contributed by atoms with Gasteiger partial charge in [-0.25, -0.2) is 0 Å². The number of hydrogen-bond acceptors (Lipinski definition) is 3. The van der Waals surface area contributed by atoms with Gasteiger partial charge in [0, 0.05) is 29.7 Å². The van der Waals surface area contributed by atoms with Crippen LogP contribution in [0.3, 0.4) is 0 Å². The average Bonchev–Trinajstić information content (AvgIpc) is 2.92. The summed E-state index contributed by atoms with van der Waals surface area (Å²) in [5.74, 6) is 1.66. The number of fused-ring (bicyclic) bond motifs is 3. The number of H-pyrrole nitrogens is 1. The molecule has 8 atom stereocenters. The minimum Gasteiger partial charge on any atom is -0.508 e. The molecule has 8 unspecified atom stereocenters. The van der Waals surface area contributed by atoms with Gasteiger partial charge in [0.25, 0.3) is 0 Å². The number of aromatic hydroxyl groups is 1. The number of piperidine rings is 3. The van der Waals surface area contributed by atoms with Gasteiger partial charge in [0.2, 0.25) is 0 Å². The molecule has 5 aliphatic rings. The van der Waals surface area contributed by atoms with Crippen LogP contribution in [-0.4, -0.2) is 51.7 Å². The first-order valence-corrected chi connectivity index (χ1v) is 9.49. The molecule has 3 N–H and O–H groups in total. The molecule has 1 aromatic carbocycles. The molecule has 4 fully saturated rings. The number of likely N-dealkylation sites (N-methyl/N-ethyl adjacent to an activating group) is 1. The summed E-state index contributed by atoms with van der Waals surface area (Å²) in [6, 6.07) is 7.03. The maximum Gasteiger partial charge on any atom is 0.163 e. The highest BCUT2D eigenvalue weighted by Crippen LogP contribution is 2.62. The number of rotatable bonds is 0. The van der Waals surface area contributed by atoms with Gasteiger partial charge < -0.3 is 24.4 Å². The van der Waals surface area contributed by atoms with E-state index in [0.717, 1.165) is 28.2 Å². The summed E-state index contributed by atoms with van der Waals surface area (Å²) < 4.78 is 6.80. The second kappa shape index (κ2) is 4.40. The van der Waals surface area contributed by atoms with E-state index in [4.69, 9.17) is 4.74 Å². The summed E-state index contributed by atoms with van der Waals surface area (Å²) in [7, 11) is 2.40. The van der Waals surface area contributed by atoms with Crippen molar-refractivity contribution in [3.05, 3.63) is 29.5 Å². The van der Waals surface area contributed by atoms with Crippen LogP contribution in [0.25, 0.3) is 10.9 Å². The van der Waals surface area contributed by atoms with Crippen molar-refractivity contribution in [3.63, 3.8) is 0 Å². The average molecular weight is 341 g/mol. The normalized spacial score (nSPS) is 47.1. The van der Waals surface area contributed by atoms with Crippen LogP contribution in [0.15, 0.2) is 18.2 Å². The molecule has 4 saturated heterocycles. The minimum absolute atomic E-state index is 0.228. The molecule has 0 radical (unpaired) electrons. The summed E-state index contributed by atoms with van der Waals surface area (Å²) in [6.07, 6.45) is 1.45. The Kier molecular flexibility index (Phi) is 2.57. The summed E-state index contributed by atoms with van der Waals surface area (Å²) >= 11 is 0. The minimum atomic E-state index is -0.627. The van der Waals surface area contributed by atoms with Crippen LogP contribution in [0.4, 0.5) is 0 Å². The van der Waals surface area contributed by atoms with Crippen LogP contribution in [0.2, 0.25) is 0 Å². The summed E-state index contributed by atoms with van der Waals surface area (Å²) in [6.45, 7) is 3.08. The Morgan fingerprint density at radius 3 is 2.96 bits per heavy atom. The van der Waals surface area contributed by atoms with E-state index in [1.165, 1.54) is 11.3 Å². The lowest BCUT2D eigenvalue weighted by molar-refractivity contribution is -1.01. The van der Waals surface area contributed by atoms with Crippen LogP contribution in [0.5, 0.6) is 5.75 Å². The number of nitrogens with zero attached hydrogens (tertiary/aromatic N) is 1. The number of aliphatic hydroxyl groups is 1. The Bertz CT molecular complexity index is 892. The Labute approximate surface area is 146 Å². The molecule has 2 aromatic rings. The topological polar surface area (TPSA) is 65.5 Å². The molecule has 0 amide bonds. The number of aliphatic hydroxyl groups excluding tert-OH is 1. The Hall–Kier alpha value is -1.56. The molecule has 7 rings (SSSR count).